The third kappa shape index (κ3) is 9.20. The molecule has 0 N–H and O–H groups in total. The van der Waals surface area contributed by atoms with Crippen molar-refractivity contribution in [3.05, 3.63) is 0 Å². The van der Waals surface area contributed by atoms with Crippen molar-refractivity contribution in [2.75, 3.05) is 0 Å². The third-order valence-electron chi connectivity index (χ3n) is 2.88. The first kappa shape index (κ1) is 16.5. The maximum absolute atomic E-state index is 11.6. The zero-order valence-electron chi connectivity index (χ0n) is 12.3. The van der Waals surface area contributed by atoms with Gasteiger partial charge in [-0.15, -0.1) is 0 Å². The summed E-state index contributed by atoms with van der Waals surface area (Å²) in [5.74, 6) is -0.0871. The summed E-state index contributed by atoms with van der Waals surface area (Å²) in [7, 11) is 0. The molecule has 0 amide bonds. The predicted molar refractivity (Wildman–Crippen MR) is 73.0 cm³/mol. The van der Waals surface area contributed by atoms with Crippen LogP contribution in [0.3, 0.4) is 0 Å². The number of rotatable bonds is 8. The van der Waals surface area contributed by atoms with Gasteiger partial charge in [-0.05, 0) is 40.5 Å². The van der Waals surface area contributed by atoms with Crippen LogP contribution in [0.5, 0.6) is 0 Å². The molecule has 0 rings (SSSR count). The lowest BCUT2D eigenvalue weighted by Crippen LogP contribution is -2.26. The summed E-state index contributed by atoms with van der Waals surface area (Å²) < 4.78 is 5.40. The quantitative estimate of drug-likeness (QED) is 0.455. The van der Waals surface area contributed by atoms with Crippen molar-refractivity contribution in [3.8, 4) is 0 Å². The molecule has 0 heterocycles. The van der Waals surface area contributed by atoms with Crippen LogP contribution in [0.1, 0.15) is 79.6 Å². The highest BCUT2D eigenvalue weighted by Crippen LogP contribution is 2.18. The predicted octanol–water partition coefficient (Wildman–Crippen LogP) is 4.71. The van der Waals surface area contributed by atoms with Crippen molar-refractivity contribution in [3.63, 3.8) is 0 Å². The van der Waals surface area contributed by atoms with Gasteiger partial charge < -0.3 is 4.74 Å². The summed E-state index contributed by atoms with van der Waals surface area (Å²) in [5, 5.41) is 0. The van der Waals surface area contributed by atoms with Gasteiger partial charge in [0.15, 0.2) is 0 Å². The molecule has 0 aliphatic rings. The Morgan fingerprint density at radius 3 is 2.12 bits per heavy atom. The molecular weight excluding hydrogens is 212 g/mol. The van der Waals surface area contributed by atoms with E-state index in [0.717, 1.165) is 6.42 Å². The number of esters is 1. The van der Waals surface area contributed by atoms with Crippen LogP contribution in [-0.2, 0) is 9.53 Å². The summed E-state index contributed by atoms with van der Waals surface area (Å²) in [5.41, 5.74) is -0.380. The van der Waals surface area contributed by atoms with Gasteiger partial charge in [0.2, 0.25) is 0 Å². The maximum atomic E-state index is 11.6. The van der Waals surface area contributed by atoms with E-state index in [1.54, 1.807) is 0 Å². The Morgan fingerprint density at radius 2 is 1.59 bits per heavy atom. The molecule has 2 nitrogen and oxygen atoms in total. The first-order valence-corrected chi connectivity index (χ1v) is 7.09. The van der Waals surface area contributed by atoms with Crippen molar-refractivity contribution in [1.82, 2.24) is 0 Å². The second-order valence-electron chi connectivity index (χ2n) is 6.02. The maximum Gasteiger partial charge on any atom is 0.311 e. The smallest absolute Gasteiger partial charge is 0.311 e. The molecule has 0 spiro atoms. The zero-order valence-corrected chi connectivity index (χ0v) is 12.3. The Kier molecular flexibility index (Phi) is 8.28. The third-order valence-corrected chi connectivity index (χ3v) is 2.88. The first-order chi connectivity index (χ1) is 7.88. The molecule has 0 bridgehead atoms. The van der Waals surface area contributed by atoms with Crippen molar-refractivity contribution in [2.45, 2.75) is 85.7 Å². The molecule has 0 aliphatic carbocycles. The van der Waals surface area contributed by atoms with E-state index in [1.807, 2.05) is 27.7 Å². The highest BCUT2D eigenvalue weighted by molar-refractivity contribution is 5.75. The van der Waals surface area contributed by atoms with Gasteiger partial charge in [0, 0.05) is 0 Å². The number of carbonyl (C=O) groups is 1. The minimum Gasteiger partial charge on any atom is -0.462 e. The Hall–Kier alpha value is -0.530. The molecule has 0 aromatic carbocycles. The van der Waals surface area contributed by atoms with E-state index in [2.05, 4.69) is 6.92 Å². The van der Waals surface area contributed by atoms with Gasteiger partial charge in [-0.1, -0.05) is 39.0 Å². The Morgan fingerprint density at radius 1 is 1.06 bits per heavy atom. The van der Waals surface area contributed by atoms with Gasteiger partial charge in [-0.3, -0.25) is 4.79 Å². The number of unbranched alkanes of at least 4 members (excludes halogenated alkanes) is 5. The van der Waals surface area contributed by atoms with E-state index in [4.69, 9.17) is 4.74 Å². The molecule has 0 radical (unpaired) electrons. The minimum atomic E-state index is -0.380. The molecule has 0 saturated carbocycles. The molecule has 1 atom stereocenters. The van der Waals surface area contributed by atoms with Crippen LogP contribution in [-0.4, -0.2) is 12.1 Å². The van der Waals surface area contributed by atoms with Crippen molar-refractivity contribution < 1.29 is 9.53 Å². The topological polar surface area (TPSA) is 26.3 Å². The fourth-order valence-electron chi connectivity index (χ4n) is 1.63. The van der Waals surface area contributed by atoms with E-state index in [9.17, 15) is 4.79 Å². The molecule has 102 valence electrons. The lowest BCUT2D eigenvalue weighted by Gasteiger charge is -2.20. The summed E-state index contributed by atoms with van der Waals surface area (Å²) in [6.45, 7) is 9.91. The number of ether oxygens (including phenoxy) is 1. The largest absolute Gasteiger partial charge is 0.462 e. The lowest BCUT2D eigenvalue weighted by atomic mass is 9.97. The molecular formula is C15H30O2. The van der Waals surface area contributed by atoms with Crippen LogP contribution in [0.2, 0.25) is 0 Å². The van der Waals surface area contributed by atoms with E-state index in [-0.39, 0.29) is 17.5 Å². The molecule has 0 aliphatic heterocycles. The van der Waals surface area contributed by atoms with Crippen LogP contribution in [0.25, 0.3) is 0 Å². The fraction of sp³-hybridized carbons (Fsp3) is 0.933. The number of carbonyl (C=O) groups excluding carboxylic acids is 1. The highest BCUT2D eigenvalue weighted by Gasteiger charge is 2.24. The Labute approximate surface area is 107 Å². The SMILES string of the molecule is CCCCCCCCC(C)OC(=O)C(C)(C)C. The van der Waals surface area contributed by atoms with Gasteiger partial charge in [0.25, 0.3) is 0 Å². The first-order valence-electron chi connectivity index (χ1n) is 7.09. The zero-order chi connectivity index (χ0) is 13.3. The van der Waals surface area contributed by atoms with Gasteiger partial charge in [0.1, 0.15) is 0 Å². The minimum absolute atomic E-state index is 0.0629. The second kappa shape index (κ2) is 8.54. The van der Waals surface area contributed by atoms with Gasteiger partial charge in [-0.2, -0.15) is 0 Å². The van der Waals surface area contributed by atoms with Crippen LogP contribution in [0.15, 0.2) is 0 Å². The summed E-state index contributed by atoms with van der Waals surface area (Å²) >= 11 is 0. The Bertz CT molecular complexity index is 203. The number of hydrogen-bond donors (Lipinski definition) is 0. The summed E-state index contributed by atoms with van der Waals surface area (Å²) in [4.78, 5) is 11.6. The van der Waals surface area contributed by atoms with Crippen LogP contribution >= 0.6 is 0 Å². The number of hydrogen-bond acceptors (Lipinski definition) is 2. The molecule has 1 unspecified atom stereocenters. The van der Waals surface area contributed by atoms with E-state index >= 15 is 0 Å². The average Bonchev–Trinajstić information content (AvgIpc) is 2.21. The molecule has 0 aromatic heterocycles. The summed E-state index contributed by atoms with van der Waals surface area (Å²) in [6, 6.07) is 0. The van der Waals surface area contributed by atoms with Crippen LogP contribution in [0, 0.1) is 5.41 Å². The van der Waals surface area contributed by atoms with Crippen LogP contribution < -0.4 is 0 Å². The second-order valence-corrected chi connectivity index (χ2v) is 6.02. The normalized spacial score (nSPS) is 13.5. The van der Waals surface area contributed by atoms with Crippen molar-refractivity contribution in [1.29, 1.82) is 0 Å². The molecule has 0 fully saturated rings. The van der Waals surface area contributed by atoms with E-state index in [1.165, 1.54) is 38.5 Å². The average molecular weight is 242 g/mol. The van der Waals surface area contributed by atoms with Gasteiger partial charge in [0.05, 0.1) is 11.5 Å². The lowest BCUT2D eigenvalue weighted by molar-refractivity contribution is -0.158. The van der Waals surface area contributed by atoms with Crippen molar-refractivity contribution in [2.24, 2.45) is 5.41 Å². The van der Waals surface area contributed by atoms with Crippen molar-refractivity contribution >= 4 is 5.97 Å². The van der Waals surface area contributed by atoms with E-state index < -0.39 is 0 Å². The molecule has 0 aromatic rings. The summed E-state index contributed by atoms with van der Waals surface area (Å²) in [6.07, 6.45) is 8.77. The highest BCUT2D eigenvalue weighted by atomic mass is 16.5. The Balaban J connectivity index is 3.53. The monoisotopic (exact) mass is 242 g/mol. The van der Waals surface area contributed by atoms with Crippen LogP contribution in [0.4, 0.5) is 0 Å². The van der Waals surface area contributed by atoms with E-state index in [0.29, 0.717) is 0 Å². The molecule has 17 heavy (non-hydrogen) atoms. The molecule has 0 saturated heterocycles. The fourth-order valence-corrected chi connectivity index (χ4v) is 1.63. The standard InChI is InChI=1S/C15H30O2/c1-6-7-8-9-10-11-12-13(2)17-14(16)15(3,4)5/h13H,6-12H2,1-5H3. The molecule has 2 heteroatoms. The van der Waals surface area contributed by atoms with Gasteiger partial charge in [-0.25, -0.2) is 0 Å². The van der Waals surface area contributed by atoms with Gasteiger partial charge >= 0.3 is 5.97 Å².